The number of carbonyl (C=O) groups excluding carboxylic acids is 2. The molecule has 1 heterocycles. The Morgan fingerprint density at radius 2 is 1.94 bits per heavy atom. The van der Waals surface area contributed by atoms with Gasteiger partial charge < -0.3 is 15.8 Å². The van der Waals surface area contributed by atoms with Crippen molar-refractivity contribution in [3.63, 3.8) is 0 Å². The number of carbonyl (C=O) groups is 2. The summed E-state index contributed by atoms with van der Waals surface area (Å²) in [5.74, 6) is -1.24. The summed E-state index contributed by atoms with van der Waals surface area (Å²) in [6.45, 7) is 1.47. The number of hydrogen-bond acceptors (Lipinski definition) is 8. The fourth-order valence-electron chi connectivity index (χ4n) is 3.95. The molecule has 0 aliphatic carbocycles. The van der Waals surface area contributed by atoms with Gasteiger partial charge in [-0.1, -0.05) is 36.4 Å². The zero-order valence-corrected chi connectivity index (χ0v) is 21.2. The van der Waals surface area contributed by atoms with E-state index in [-0.39, 0.29) is 29.7 Å². The number of sulfonamides is 1. The molecule has 3 atom stereocenters. The number of methoxy groups -OCH3 is 1. The first-order chi connectivity index (χ1) is 17.0. The molecule has 0 aromatic heterocycles. The molecule has 2 aromatic rings. The van der Waals surface area contributed by atoms with Crippen molar-refractivity contribution in [1.82, 2.24) is 15.1 Å². The second-order valence-electron chi connectivity index (χ2n) is 8.58. The van der Waals surface area contributed by atoms with Gasteiger partial charge >= 0.3 is 5.97 Å². The molecule has 0 bridgehead atoms. The molecule has 0 saturated carbocycles. The van der Waals surface area contributed by atoms with Crippen LogP contribution in [0.1, 0.15) is 35.6 Å². The molecule has 36 heavy (non-hydrogen) atoms. The van der Waals surface area contributed by atoms with Crippen LogP contribution < -0.4 is 15.8 Å². The second-order valence-corrected chi connectivity index (χ2v) is 10.3. The molecule has 5 N–H and O–H groups in total. The van der Waals surface area contributed by atoms with E-state index in [1.54, 1.807) is 43.3 Å². The van der Waals surface area contributed by atoms with Gasteiger partial charge in [0.15, 0.2) is 0 Å². The maximum Gasteiger partial charge on any atom is 0.325 e. The van der Waals surface area contributed by atoms with Crippen molar-refractivity contribution >= 4 is 27.7 Å². The molecule has 0 spiro atoms. The van der Waals surface area contributed by atoms with Crippen LogP contribution in [0.5, 0.6) is 0 Å². The number of nitrogens with one attached hydrogen (secondary N) is 3. The summed E-state index contributed by atoms with van der Waals surface area (Å²) in [5.41, 5.74) is 7.83. The number of amidine groups is 1. The number of amides is 1. The lowest BCUT2D eigenvalue weighted by molar-refractivity contribution is -0.152. The van der Waals surface area contributed by atoms with Crippen molar-refractivity contribution in [2.45, 2.75) is 42.8 Å². The van der Waals surface area contributed by atoms with Gasteiger partial charge in [0.25, 0.3) is 0 Å². The molecule has 2 aromatic carbocycles. The van der Waals surface area contributed by atoms with Crippen LogP contribution >= 0.6 is 0 Å². The van der Waals surface area contributed by atoms with E-state index >= 15 is 0 Å². The number of benzene rings is 2. The zero-order valence-electron chi connectivity index (χ0n) is 20.4. The number of hydroxylamine groups is 2. The fraction of sp³-hybridized carbons (Fsp3) is 0.375. The normalized spacial score (nSPS) is 19.0. The van der Waals surface area contributed by atoms with Crippen molar-refractivity contribution in [1.29, 1.82) is 5.41 Å². The highest BCUT2D eigenvalue weighted by Gasteiger charge is 2.34. The lowest BCUT2D eigenvalue weighted by Crippen LogP contribution is -2.49. The summed E-state index contributed by atoms with van der Waals surface area (Å²) >= 11 is 0. The first-order valence-corrected chi connectivity index (χ1v) is 12.8. The van der Waals surface area contributed by atoms with Crippen molar-refractivity contribution in [3.8, 4) is 0 Å². The first-order valence-electron chi connectivity index (χ1n) is 11.3. The van der Waals surface area contributed by atoms with E-state index in [2.05, 4.69) is 10.0 Å². The van der Waals surface area contributed by atoms with Gasteiger partial charge in [0.2, 0.25) is 15.9 Å². The van der Waals surface area contributed by atoms with Crippen LogP contribution in [0.2, 0.25) is 0 Å². The van der Waals surface area contributed by atoms with E-state index in [9.17, 15) is 18.0 Å². The second kappa shape index (κ2) is 11.6. The Balaban J connectivity index is 1.58. The maximum absolute atomic E-state index is 12.7. The van der Waals surface area contributed by atoms with Crippen LogP contribution in [0.15, 0.2) is 53.4 Å². The predicted molar refractivity (Wildman–Crippen MR) is 132 cm³/mol. The zero-order chi connectivity index (χ0) is 26.5. The minimum absolute atomic E-state index is 0.00694. The van der Waals surface area contributed by atoms with Gasteiger partial charge in [0.1, 0.15) is 11.9 Å². The average molecular weight is 518 g/mol. The van der Waals surface area contributed by atoms with Crippen LogP contribution in [-0.4, -0.2) is 64.0 Å². The van der Waals surface area contributed by atoms with Gasteiger partial charge in [-0.2, -0.15) is 9.79 Å². The molecule has 3 rings (SSSR count). The van der Waals surface area contributed by atoms with Gasteiger partial charge in [-0.15, -0.1) is 0 Å². The Labute approximate surface area is 210 Å². The van der Waals surface area contributed by atoms with Crippen LogP contribution in [0.4, 0.5) is 0 Å². The van der Waals surface area contributed by atoms with E-state index in [4.69, 9.17) is 20.7 Å². The molecule has 194 valence electrons. The van der Waals surface area contributed by atoms with Crippen LogP contribution in [0.25, 0.3) is 0 Å². The lowest BCUT2D eigenvalue weighted by Gasteiger charge is -2.18. The van der Waals surface area contributed by atoms with Gasteiger partial charge in [0.05, 0.1) is 30.6 Å². The Kier molecular flexibility index (Phi) is 8.79. The molecule has 1 aliphatic rings. The Bertz CT molecular complexity index is 1220. The summed E-state index contributed by atoms with van der Waals surface area (Å²) in [4.78, 5) is 30.6. The highest BCUT2D eigenvalue weighted by molar-refractivity contribution is 7.89. The highest BCUT2D eigenvalue weighted by atomic mass is 32.2. The van der Waals surface area contributed by atoms with E-state index in [1.807, 2.05) is 12.1 Å². The third kappa shape index (κ3) is 6.88. The summed E-state index contributed by atoms with van der Waals surface area (Å²) < 4.78 is 32.5. The fourth-order valence-corrected chi connectivity index (χ4v) is 5.24. The lowest BCUT2D eigenvalue weighted by atomic mass is 9.99. The number of hydrogen-bond donors (Lipinski definition) is 4. The number of aryl methyl sites for hydroxylation is 1. The van der Waals surface area contributed by atoms with Gasteiger partial charge in [-0.3, -0.25) is 19.8 Å². The summed E-state index contributed by atoms with van der Waals surface area (Å²) in [5, 5.41) is 11.8. The largest absolute Gasteiger partial charge is 0.468 e. The third-order valence-electron chi connectivity index (χ3n) is 5.85. The van der Waals surface area contributed by atoms with E-state index in [0.717, 1.165) is 18.2 Å². The Morgan fingerprint density at radius 1 is 1.25 bits per heavy atom. The van der Waals surface area contributed by atoms with E-state index in [0.29, 0.717) is 12.0 Å². The smallest absolute Gasteiger partial charge is 0.325 e. The Morgan fingerprint density at radius 3 is 2.56 bits per heavy atom. The average Bonchev–Trinajstić information content (AvgIpc) is 3.20. The topological polar surface area (TPSA) is 164 Å². The molecule has 12 heteroatoms. The molecular weight excluding hydrogens is 486 g/mol. The molecule has 11 nitrogen and oxygen atoms in total. The standard InChI is InChI=1S/C24H31N5O6S/c1-15-5-4-6-19(11-15)36(32,33)28-20(24(31)34-3)14-27-22(30)13-18-12-21(29(2)35-18)16-7-9-17(10-8-16)23(25)26/h4-11,18,20-21,28H,12-14H2,1-3H3,(H3,25,26)(H,27,30)/t18?,20-,21?/m0/s1. The number of ether oxygens (including phenoxy) is 1. The van der Waals surface area contributed by atoms with Crippen LogP contribution in [0, 0.1) is 12.3 Å². The first kappa shape index (κ1) is 27.3. The third-order valence-corrected chi connectivity index (χ3v) is 7.32. The minimum Gasteiger partial charge on any atom is -0.468 e. The van der Waals surface area contributed by atoms with Crippen molar-refractivity contribution < 1.29 is 27.6 Å². The van der Waals surface area contributed by atoms with Gasteiger partial charge in [-0.25, -0.2) is 8.42 Å². The van der Waals surface area contributed by atoms with E-state index in [1.165, 1.54) is 12.1 Å². The number of rotatable bonds is 10. The molecule has 1 aliphatic heterocycles. The monoisotopic (exact) mass is 517 g/mol. The number of nitrogens with two attached hydrogens (primary N) is 1. The highest BCUT2D eigenvalue weighted by Crippen LogP contribution is 2.34. The number of nitrogens with zero attached hydrogens (tertiary/aromatic N) is 1. The predicted octanol–water partition coefficient (Wildman–Crippen LogP) is 0.982. The molecule has 0 radical (unpaired) electrons. The molecule has 1 saturated heterocycles. The SMILES string of the molecule is COC(=O)[C@H](CNC(=O)CC1CC(c2ccc(C(=N)N)cc2)N(C)O1)NS(=O)(=O)c1cccc(C)c1. The van der Waals surface area contributed by atoms with Gasteiger partial charge in [-0.05, 0) is 36.6 Å². The molecule has 1 fully saturated rings. The van der Waals surface area contributed by atoms with Crippen LogP contribution in [0.3, 0.4) is 0 Å². The Hall–Kier alpha value is -3.32. The van der Waals surface area contributed by atoms with E-state index < -0.39 is 34.0 Å². The van der Waals surface area contributed by atoms with Gasteiger partial charge in [0, 0.05) is 19.2 Å². The summed E-state index contributed by atoms with van der Waals surface area (Å²) in [6, 6.07) is 12.1. The maximum atomic E-state index is 12.7. The molecule has 2 unspecified atom stereocenters. The minimum atomic E-state index is -4.02. The number of nitrogen functional groups attached to an aromatic ring is 1. The quantitative estimate of drug-likeness (QED) is 0.206. The number of esters is 1. The van der Waals surface area contributed by atoms with Crippen molar-refractivity contribution in [2.24, 2.45) is 5.73 Å². The molecule has 1 amide bonds. The summed E-state index contributed by atoms with van der Waals surface area (Å²) in [7, 11) is -1.10. The van der Waals surface area contributed by atoms with Crippen LogP contribution in [-0.2, 0) is 29.2 Å². The summed E-state index contributed by atoms with van der Waals surface area (Å²) in [6.07, 6.45) is 0.155. The van der Waals surface area contributed by atoms with Crippen molar-refractivity contribution in [2.75, 3.05) is 20.7 Å². The van der Waals surface area contributed by atoms with Crippen molar-refractivity contribution in [3.05, 3.63) is 65.2 Å². The molecular formula is C24H31N5O6S.